The van der Waals surface area contributed by atoms with E-state index in [1.54, 1.807) is 23.2 Å². The number of thiazole rings is 1. The van der Waals surface area contributed by atoms with E-state index in [0.717, 1.165) is 28.6 Å². The Morgan fingerprint density at radius 1 is 1.07 bits per heavy atom. The third kappa shape index (κ3) is 6.69. The molecule has 0 spiro atoms. The number of carbonyl (C=O) groups is 1. The van der Waals surface area contributed by atoms with Crippen molar-refractivity contribution in [3.05, 3.63) is 66.6 Å². The Balaban J connectivity index is 1.39. The summed E-state index contributed by atoms with van der Waals surface area (Å²) in [4.78, 5) is 27.5. The minimum Gasteiger partial charge on any atom is -0.463 e. The van der Waals surface area contributed by atoms with Gasteiger partial charge in [0.2, 0.25) is 22.8 Å². The highest BCUT2D eigenvalue weighted by Gasteiger charge is 2.41. The topological polar surface area (TPSA) is 127 Å². The Bertz CT molecular complexity index is 1620. The minimum absolute atomic E-state index is 0.0410. The van der Waals surface area contributed by atoms with Crippen LogP contribution in [0.1, 0.15) is 5.56 Å². The molecule has 1 fully saturated rings. The van der Waals surface area contributed by atoms with Gasteiger partial charge in [-0.1, -0.05) is 23.5 Å². The predicted octanol–water partition coefficient (Wildman–Crippen LogP) is 3.49. The number of nitrogens with one attached hydrogen (secondary N) is 1. The normalized spacial score (nSPS) is 16.4. The molecule has 0 saturated carbocycles. The van der Waals surface area contributed by atoms with Gasteiger partial charge in [-0.05, 0) is 42.0 Å². The Morgan fingerprint density at radius 2 is 1.79 bits per heavy atom. The van der Waals surface area contributed by atoms with Gasteiger partial charge >= 0.3 is 6.36 Å². The summed E-state index contributed by atoms with van der Waals surface area (Å²) in [5, 5.41) is 3.26. The number of carbonyl (C=O) groups excluding carboxylic acids is 1. The number of aromatic nitrogens is 3. The molecule has 0 aliphatic carbocycles. The monoisotopic (exact) mass is 626 g/mol. The standard InChI is InChI=1S/C25H22F4N6O5S2/c26-14-39-17-3-1-16(2-4-17)11-31-23(36)20-13-34(24-33-22-21(41-24)12-30-15-32-22)9-10-35(20)42(37,38)19-7-5-18(6-8-19)40-25(27,28)29/h1-8,12,15,20H,9-11,13-14H2,(H,31,36)/t20-/m1/s1. The zero-order chi connectivity index (χ0) is 29.9. The van der Waals surface area contributed by atoms with Crippen LogP contribution in [0.4, 0.5) is 22.7 Å². The van der Waals surface area contributed by atoms with Crippen LogP contribution in [-0.4, -0.2) is 72.5 Å². The van der Waals surface area contributed by atoms with Crippen LogP contribution in [-0.2, 0) is 21.4 Å². The number of rotatable bonds is 9. The van der Waals surface area contributed by atoms with Gasteiger partial charge in [-0.25, -0.2) is 22.8 Å². The van der Waals surface area contributed by atoms with E-state index in [1.165, 1.54) is 29.8 Å². The van der Waals surface area contributed by atoms with Crippen molar-refractivity contribution in [2.45, 2.75) is 23.8 Å². The fraction of sp³-hybridized carbons (Fsp3) is 0.280. The summed E-state index contributed by atoms with van der Waals surface area (Å²) in [6, 6.07) is 8.86. The van der Waals surface area contributed by atoms with Gasteiger partial charge < -0.3 is 19.7 Å². The molecule has 0 unspecified atom stereocenters. The highest BCUT2D eigenvalue weighted by molar-refractivity contribution is 7.89. The molecule has 2 aromatic heterocycles. The van der Waals surface area contributed by atoms with Crippen LogP contribution in [0.15, 0.2) is 66.0 Å². The SMILES string of the molecule is O=C(NCc1ccc(OCF)cc1)[C@H]1CN(c2nc3ncncc3s2)CCN1S(=O)(=O)c1ccc(OC(F)(F)F)cc1. The zero-order valence-electron chi connectivity index (χ0n) is 21.5. The second kappa shape index (κ2) is 12.0. The molecular formula is C25H22F4N6O5S2. The number of sulfonamides is 1. The molecule has 4 aromatic rings. The van der Waals surface area contributed by atoms with Gasteiger partial charge in [0, 0.05) is 32.4 Å². The van der Waals surface area contributed by atoms with Crippen LogP contribution in [0, 0.1) is 0 Å². The third-order valence-electron chi connectivity index (χ3n) is 6.24. The Hall–Kier alpha value is -4.09. The summed E-state index contributed by atoms with van der Waals surface area (Å²) in [5.41, 5.74) is 1.11. The molecule has 0 bridgehead atoms. The van der Waals surface area contributed by atoms with Crippen molar-refractivity contribution in [3.8, 4) is 11.5 Å². The summed E-state index contributed by atoms with van der Waals surface area (Å²) >= 11 is 1.29. The molecule has 0 radical (unpaired) electrons. The zero-order valence-corrected chi connectivity index (χ0v) is 23.1. The van der Waals surface area contributed by atoms with Crippen LogP contribution < -0.4 is 19.7 Å². The van der Waals surface area contributed by atoms with Gasteiger partial charge in [0.1, 0.15) is 23.9 Å². The third-order valence-corrected chi connectivity index (χ3v) is 9.20. The molecule has 222 valence electrons. The highest BCUT2D eigenvalue weighted by Crippen LogP contribution is 2.31. The number of hydrogen-bond donors (Lipinski definition) is 1. The first-order valence-electron chi connectivity index (χ1n) is 12.3. The average Bonchev–Trinajstić information content (AvgIpc) is 3.40. The van der Waals surface area contributed by atoms with Gasteiger partial charge in [-0.3, -0.25) is 4.79 Å². The number of nitrogens with zero attached hydrogens (tertiary/aromatic N) is 5. The Kier molecular flexibility index (Phi) is 8.42. The molecule has 17 heteroatoms. The van der Waals surface area contributed by atoms with E-state index in [9.17, 15) is 30.8 Å². The van der Waals surface area contributed by atoms with Crippen molar-refractivity contribution in [3.63, 3.8) is 0 Å². The summed E-state index contributed by atoms with van der Waals surface area (Å²) in [6.07, 6.45) is -1.98. The molecular weight excluding hydrogens is 604 g/mol. The van der Waals surface area contributed by atoms with Crippen molar-refractivity contribution in [2.24, 2.45) is 0 Å². The van der Waals surface area contributed by atoms with Crippen LogP contribution in [0.25, 0.3) is 10.3 Å². The van der Waals surface area contributed by atoms with E-state index in [4.69, 9.17) is 4.74 Å². The maximum Gasteiger partial charge on any atom is 0.573 e. The number of piperazine rings is 1. The second-order valence-electron chi connectivity index (χ2n) is 8.92. The first-order valence-corrected chi connectivity index (χ1v) is 14.5. The van der Waals surface area contributed by atoms with E-state index < -0.39 is 40.9 Å². The Morgan fingerprint density at radius 3 is 2.45 bits per heavy atom. The first kappa shape index (κ1) is 29.4. The lowest BCUT2D eigenvalue weighted by Crippen LogP contribution is -2.60. The van der Waals surface area contributed by atoms with Gasteiger partial charge in [0.15, 0.2) is 10.8 Å². The molecule has 11 nitrogen and oxygen atoms in total. The molecule has 1 saturated heterocycles. The number of hydrogen-bond acceptors (Lipinski definition) is 10. The molecule has 2 aromatic carbocycles. The number of ether oxygens (including phenoxy) is 2. The minimum atomic E-state index is -4.94. The fourth-order valence-corrected chi connectivity index (χ4v) is 6.77. The summed E-state index contributed by atoms with van der Waals surface area (Å²) in [5.74, 6) is -0.882. The van der Waals surface area contributed by atoms with E-state index in [2.05, 4.69) is 25.0 Å². The average molecular weight is 627 g/mol. The van der Waals surface area contributed by atoms with Crippen molar-refractivity contribution < 1.29 is 40.2 Å². The molecule has 3 heterocycles. The lowest BCUT2D eigenvalue weighted by molar-refractivity contribution is -0.274. The smallest absolute Gasteiger partial charge is 0.463 e. The predicted molar refractivity (Wildman–Crippen MR) is 143 cm³/mol. The van der Waals surface area contributed by atoms with E-state index in [0.29, 0.717) is 26.8 Å². The maximum absolute atomic E-state index is 13.6. The fourth-order valence-electron chi connectivity index (χ4n) is 4.28. The van der Waals surface area contributed by atoms with E-state index in [1.807, 2.05) is 0 Å². The molecule has 1 aliphatic heterocycles. The number of alkyl halides is 4. The van der Waals surface area contributed by atoms with Gasteiger partial charge in [-0.2, -0.15) is 9.29 Å². The first-order chi connectivity index (χ1) is 20.0. The number of halogens is 4. The van der Waals surface area contributed by atoms with Crippen molar-refractivity contribution in [2.75, 3.05) is 31.4 Å². The number of benzene rings is 2. The van der Waals surface area contributed by atoms with Gasteiger partial charge in [0.25, 0.3) is 0 Å². The highest BCUT2D eigenvalue weighted by atomic mass is 32.2. The van der Waals surface area contributed by atoms with E-state index >= 15 is 0 Å². The number of fused-ring (bicyclic) bond motifs is 1. The number of amides is 1. The summed E-state index contributed by atoms with van der Waals surface area (Å²) in [7, 11) is -4.32. The molecule has 1 N–H and O–H groups in total. The summed E-state index contributed by atoms with van der Waals surface area (Å²) < 4.78 is 87.7. The van der Waals surface area contributed by atoms with Crippen LogP contribution in [0.3, 0.4) is 0 Å². The quantitative estimate of drug-likeness (QED) is 0.278. The van der Waals surface area contributed by atoms with Crippen molar-refractivity contribution in [1.82, 2.24) is 24.6 Å². The van der Waals surface area contributed by atoms with Crippen molar-refractivity contribution >= 4 is 42.7 Å². The lowest BCUT2D eigenvalue weighted by Gasteiger charge is -2.39. The van der Waals surface area contributed by atoms with Crippen molar-refractivity contribution in [1.29, 1.82) is 0 Å². The van der Waals surface area contributed by atoms with Crippen LogP contribution in [0.2, 0.25) is 0 Å². The maximum atomic E-state index is 13.6. The van der Waals surface area contributed by atoms with Crippen LogP contribution >= 0.6 is 11.3 Å². The van der Waals surface area contributed by atoms with E-state index in [-0.39, 0.29) is 31.1 Å². The molecule has 42 heavy (non-hydrogen) atoms. The number of anilines is 1. The molecule has 1 atom stereocenters. The van der Waals surface area contributed by atoms with Gasteiger partial charge in [0.05, 0.1) is 9.60 Å². The molecule has 1 aliphatic rings. The largest absolute Gasteiger partial charge is 0.573 e. The molecule has 5 rings (SSSR count). The van der Waals surface area contributed by atoms with Crippen LogP contribution in [0.5, 0.6) is 11.5 Å². The summed E-state index contributed by atoms with van der Waals surface area (Å²) in [6.45, 7) is -0.937. The lowest BCUT2D eigenvalue weighted by atomic mass is 10.2. The Labute approximate surface area is 240 Å². The molecule has 1 amide bonds. The second-order valence-corrected chi connectivity index (χ2v) is 11.8. The van der Waals surface area contributed by atoms with Gasteiger partial charge in [-0.15, -0.1) is 13.2 Å².